The molecular weight excluding hydrogens is 819 g/mol. The maximum absolute atomic E-state index is 7.16. The van der Waals surface area contributed by atoms with Gasteiger partial charge in [0, 0.05) is 49.9 Å². The zero-order chi connectivity index (χ0) is 46.6. The number of halogens is 1. The van der Waals surface area contributed by atoms with Crippen molar-refractivity contribution in [2.45, 2.75) is 130 Å². The predicted molar refractivity (Wildman–Crippen MR) is 285 cm³/mol. The largest absolute Gasteiger partial charge is 0.311 e. The van der Waals surface area contributed by atoms with E-state index < -0.39 is 0 Å². The Labute approximate surface area is 400 Å². The number of benzene rings is 7. The summed E-state index contributed by atoms with van der Waals surface area (Å²) in [5, 5.41) is 0.751. The van der Waals surface area contributed by atoms with Crippen LogP contribution in [0, 0.1) is 13.8 Å². The normalized spacial score (nSPS) is 17.8. The Hall–Kier alpha value is -5.51. The van der Waals surface area contributed by atoms with Crippen molar-refractivity contribution < 1.29 is 0 Å². The molecule has 4 aliphatic rings. The van der Waals surface area contributed by atoms with Crippen molar-refractivity contribution in [2.75, 3.05) is 9.80 Å². The van der Waals surface area contributed by atoms with E-state index in [9.17, 15) is 0 Å². The summed E-state index contributed by atoms with van der Waals surface area (Å²) in [6, 6.07) is 49.4. The molecule has 2 nitrogen and oxygen atoms in total. The standard InChI is InChI=1S/C62H64BClN2/c1-37-29-55-57-56(30-37)66(52-35-46-45(31-38(52)2)59(6,7)27-28-60(46,8)9)53-33-41(64)24-25-49(53)63(57)50-34-47-48(62(12,13)44-22-18-17-21-43(44)61(47,10)11)36-54(50)65(55)51-26-23-40(58(3,4)5)32-42(51)39-19-15-14-16-20-39/h14-26,29-36H,27-28H2,1-13H3. The average molecular weight is 883 g/mol. The molecule has 0 unspecified atom stereocenters. The van der Waals surface area contributed by atoms with Gasteiger partial charge < -0.3 is 9.80 Å². The monoisotopic (exact) mass is 882 g/mol. The second kappa shape index (κ2) is 14.3. The molecule has 7 aromatic rings. The fourth-order valence-corrected chi connectivity index (χ4v) is 12.7. The number of fused-ring (bicyclic) bond motifs is 7. The lowest BCUT2D eigenvalue weighted by Crippen LogP contribution is -2.62. The first-order valence-electron chi connectivity index (χ1n) is 24.3. The van der Waals surface area contributed by atoms with Crippen LogP contribution in [0.2, 0.25) is 5.02 Å². The van der Waals surface area contributed by atoms with Crippen molar-refractivity contribution in [3.63, 3.8) is 0 Å². The lowest BCUT2D eigenvalue weighted by atomic mass is 9.33. The fraction of sp³-hybridized carbons (Fsp3) is 0.323. The minimum Gasteiger partial charge on any atom is -0.311 e. The van der Waals surface area contributed by atoms with E-state index in [1.54, 1.807) is 0 Å². The molecule has 0 spiro atoms. The smallest absolute Gasteiger partial charge is 0.252 e. The predicted octanol–water partition coefficient (Wildman–Crippen LogP) is 15.3. The lowest BCUT2D eigenvalue weighted by Gasteiger charge is -2.48. The number of nitrogens with zero attached hydrogens (tertiary/aromatic N) is 2. The Balaban J connectivity index is 1.27. The highest BCUT2D eigenvalue weighted by Gasteiger charge is 2.49. The first-order chi connectivity index (χ1) is 31.1. The van der Waals surface area contributed by atoms with Gasteiger partial charge in [0.15, 0.2) is 0 Å². The van der Waals surface area contributed by atoms with Crippen LogP contribution in [0.5, 0.6) is 0 Å². The summed E-state index contributed by atoms with van der Waals surface area (Å²) in [6.07, 6.45) is 2.34. The van der Waals surface area contributed by atoms with Gasteiger partial charge in [0.05, 0.1) is 5.69 Å². The summed E-state index contributed by atoms with van der Waals surface area (Å²) in [7, 11) is 0. The fourth-order valence-electron chi connectivity index (χ4n) is 12.6. The highest BCUT2D eigenvalue weighted by atomic mass is 35.5. The number of rotatable bonds is 3. The van der Waals surface area contributed by atoms with Crippen LogP contribution in [0.15, 0.2) is 127 Å². The topological polar surface area (TPSA) is 6.48 Å². The summed E-state index contributed by atoms with van der Waals surface area (Å²) in [5.74, 6) is 0. The van der Waals surface area contributed by atoms with Gasteiger partial charge >= 0.3 is 0 Å². The third-order valence-corrected chi connectivity index (χ3v) is 16.8. The van der Waals surface area contributed by atoms with Gasteiger partial charge in [-0.1, -0.05) is 167 Å². The first kappa shape index (κ1) is 43.1. The Morgan fingerprint density at radius 2 is 1.03 bits per heavy atom. The Morgan fingerprint density at radius 1 is 0.485 bits per heavy atom. The molecule has 2 heterocycles. The van der Waals surface area contributed by atoms with Gasteiger partial charge in [-0.3, -0.25) is 0 Å². The SMILES string of the molecule is Cc1cc2c3c(c1)N(c1ccc(C(C)(C)C)cc1-c1ccccc1)c1cc4c(cc1B3c1ccc(Cl)cc1N2c1cc2c(cc1C)C(C)(C)CCC2(C)C)C(C)(C)c1ccccc1C4(C)C. The third-order valence-electron chi connectivity index (χ3n) is 16.5. The van der Waals surface area contributed by atoms with Crippen molar-refractivity contribution in [3.05, 3.63) is 182 Å². The molecule has 0 radical (unpaired) electrons. The van der Waals surface area contributed by atoms with Gasteiger partial charge in [-0.15, -0.1) is 0 Å². The van der Waals surface area contributed by atoms with E-state index in [-0.39, 0.29) is 33.8 Å². The van der Waals surface area contributed by atoms with Crippen LogP contribution in [0.3, 0.4) is 0 Å². The molecule has 7 aromatic carbocycles. The van der Waals surface area contributed by atoms with E-state index in [1.807, 2.05) is 0 Å². The van der Waals surface area contributed by atoms with Gasteiger partial charge in [0.1, 0.15) is 0 Å². The average Bonchev–Trinajstić information content (AvgIpc) is 3.27. The summed E-state index contributed by atoms with van der Waals surface area (Å²) < 4.78 is 0. The summed E-state index contributed by atoms with van der Waals surface area (Å²) >= 11 is 7.16. The quantitative estimate of drug-likeness (QED) is 0.163. The first-order valence-corrected chi connectivity index (χ1v) is 24.7. The molecular formula is C62H64BClN2. The molecule has 0 saturated carbocycles. The number of hydrogen-bond donors (Lipinski definition) is 0. The molecule has 0 aromatic heterocycles. The highest BCUT2D eigenvalue weighted by molar-refractivity contribution is 7.00. The van der Waals surface area contributed by atoms with Gasteiger partial charge in [-0.05, 0) is 163 Å². The molecule has 0 atom stereocenters. The number of anilines is 6. The molecule has 0 bridgehead atoms. The van der Waals surface area contributed by atoms with E-state index in [0.717, 1.165) is 17.1 Å². The van der Waals surface area contributed by atoms with Gasteiger partial charge in [-0.25, -0.2) is 0 Å². The maximum Gasteiger partial charge on any atom is 0.252 e. The molecule has 11 rings (SSSR count). The molecule has 0 saturated heterocycles. The maximum atomic E-state index is 7.16. The Bertz CT molecular complexity index is 3180. The van der Waals surface area contributed by atoms with Crippen LogP contribution in [0.1, 0.15) is 139 Å². The van der Waals surface area contributed by atoms with Gasteiger partial charge in [-0.2, -0.15) is 0 Å². The zero-order valence-corrected chi connectivity index (χ0v) is 42.1. The Kier molecular flexibility index (Phi) is 9.31. The third kappa shape index (κ3) is 6.21. The summed E-state index contributed by atoms with van der Waals surface area (Å²) in [6.45, 7) is 31.0. The number of hydrogen-bond acceptors (Lipinski definition) is 2. The Morgan fingerprint density at radius 3 is 1.65 bits per heavy atom. The zero-order valence-electron chi connectivity index (χ0n) is 41.4. The second-order valence-electron chi connectivity index (χ2n) is 23.6. The lowest BCUT2D eigenvalue weighted by molar-refractivity contribution is 0.332. The van der Waals surface area contributed by atoms with E-state index in [4.69, 9.17) is 11.6 Å². The van der Waals surface area contributed by atoms with Crippen molar-refractivity contribution in [2.24, 2.45) is 0 Å². The molecule has 4 heteroatoms. The molecule has 66 heavy (non-hydrogen) atoms. The van der Waals surface area contributed by atoms with E-state index in [0.29, 0.717) is 0 Å². The molecule has 0 N–H and O–H groups in total. The van der Waals surface area contributed by atoms with Crippen LogP contribution < -0.4 is 26.2 Å². The minimum absolute atomic E-state index is 0.0282. The highest BCUT2D eigenvalue weighted by Crippen LogP contribution is 2.55. The molecule has 0 fully saturated rings. The molecule has 0 amide bonds. The summed E-state index contributed by atoms with van der Waals surface area (Å²) in [4.78, 5) is 5.24. The van der Waals surface area contributed by atoms with Crippen molar-refractivity contribution in [3.8, 4) is 11.1 Å². The van der Waals surface area contributed by atoms with Gasteiger partial charge in [0.25, 0.3) is 6.71 Å². The van der Waals surface area contributed by atoms with Crippen molar-refractivity contribution in [1.82, 2.24) is 0 Å². The van der Waals surface area contributed by atoms with Crippen LogP contribution in [-0.4, -0.2) is 6.71 Å². The molecule has 332 valence electrons. The van der Waals surface area contributed by atoms with Crippen LogP contribution in [-0.2, 0) is 27.1 Å². The van der Waals surface area contributed by atoms with Crippen LogP contribution in [0.25, 0.3) is 11.1 Å². The molecule has 2 aliphatic heterocycles. The summed E-state index contributed by atoms with van der Waals surface area (Å²) in [5.41, 5.74) is 25.8. The minimum atomic E-state index is -0.223. The molecule has 2 aliphatic carbocycles. The second-order valence-corrected chi connectivity index (χ2v) is 24.0. The van der Waals surface area contributed by atoms with Crippen LogP contribution >= 0.6 is 11.6 Å². The van der Waals surface area contributed by atoms with Crippen molar-refractivity contribution >= 4 is 68.8 Å². The van der Waals surface area contributed by atoms with Crippen molar-refractivity contribution in [1.29, 1.82) is 0 Å². The van der Waals surface area contributed by atoms with E-state index in [2.05, 4.69) is 227 Å². The van der Waals surface area contributed by atoms with Crippen LogP contribution in [0.4, 0.5) is 34.1 Å². The van der Waals surface area contributed by atoms with E-state index in [1.165, 1.54) is 112 Å². The van der Waals surface area contributed by atoms with E-state index >= 15 is 0 Å². The van der Waals surface area contributed by atoms with Gasteiger partial charge in [0.2, 0.25) is 0 Å². The number of aryl methyl sites for hydroxylation is 2.